The summed E-state index contributed by atoms with van der Waals surface area (Å²) in [6, 6.07) is 17.6. The average molecular weight is 311 g/mol. The molecular formula is C21H29NO. The summed E-state index contributed by atoms with van der Waals surface area (Å²) in [6.07, 6.45) is 2.28. The van der Waals surface area contributed by atoms with Crippen LogP contribution in [0.1, 0.15) is 49.7 Å². The molecule has 124 valence electrons. The molecule has 0 N–H and O–H groups in total. The van der Waals surface area contributed by atoms with Crippen molar-refractivity contribution in [2.45, 2.75) is 38.5 Å². The lowest BCUT2D eigenvalue weighted by molar-refractivity contribution is 0.414. The standard InChI is InChI=1S/C21H29NO/c1-6-20(16-8-12-18(13-9-16)22(3)4)21(7-2)17-10-14-19(23-5)15-11-17/h8-15,20-21H,6-7H2,1-5H3/t20-,21-/m1/s1. The van der Waals surface area contributed by atoms with Crippen molar-refractivity contribution < 1.29 is 4.74 Å². The Labute approximate surface area is 141 Å². The van der Waals surface area contributed by atoms with E-state index in [1.807, 2.05) is 0 Å². The molecular weight excluding hydrogens is 282 g/mol. The smallest absolute Gasteiger partial charge is 0.118 e. The van der Waals surface area contributed by atoms with E-state index in [0.717, 1.165) is 18.6 Å². The Morgan fingerprint density at radius 2 is 1.22 bits per heavy atom. The highest BCUT2D eigenvalue weighted by Gasteiger charge is 2.22. The molecule has 0 saturated carbocycles. The zero-order valence-corrected chi connectivity index (χ0v) is 15.0. The van der Waals surface area contributed by atoms with Crippen LogP contribution in [0.5, 0.6) is 5.75 Å². The van der Waals surface area contributed by atoms with Gasteiger partial charge in [-0.3, -0.25) is 0 Å². The maximum absolute atomic E-state index is 5.28. The van der Waals surface area contributed by atoms with E-state index in [1.165, 1.54) is 16.8 Å². The summed E-state index contributed by atoms with van der Waals surface area (Å²) < 4.78 is 5.28. The number of methoxy groups -OCH3 is 1. The van der Waals surface area contributed by atoms with Crippen molar-refractivity contribution in [3.8, 4) is 5.75 Å². The van der Waals surface area contributed by atoms with E-state index < -0.39 is 0 Å². The summed E-state index contributed by atoms with van der Waals surface area (Å²) >= 11 is 0. The third-order valence-corrected chi connectivity index (χ3v) is 4.75. The van der Waals surface area contributed by atoms with Gasteiger partial charge in [0.25, 0.3) is 0 Å². The van der Waals surface area contributed by atoms with Gasteiger partial charge in [-0.25, -0.2) is 0 Å². The van der Waals surface area contributed by atoms with Gasteiger partial charge in [0.05, 0.1) is 7.11 Å². The second-order valence-corrected chi connectivity index (χ2v) is 6.29. The summed E-state index contributed by atoms with van der Waals surface area (Å²) in [5.74, 6) is 2.01. The second kappa shape index (κ2) is 8.05. The molecule has 0 amide bonds. The van der Waals surface area contributed by atoms with Crippen molar-refractivity contribution in [3.63, 3.8) is 0 Å². The molecule has 0 aliphatic heterocycles. The average Bonchev–Trinajstić information content (AvgIpc) is 2.60. The lowest BCUT2D eigenvalue weighted by atomic mass is 9.78. The third kappa shape index (κ3) is 4.07. The maximum atomic E-state index is 5.28. The molecule has 2 aromatic rings. The van der Waals surface area contributed by atoms with Crippen molar-refractivity contribution in [2.24, 2.45) is 0 Å². The van der Waals surface area contributed by atoms with Crippen LogP contribution >= 0.6 is 0 Å². The highest BCUT2D eigenvalue weighted by atomic mass is 16.5. The number of anilines is 1. The van der Waals surface area contributed by atoms with Gasteiger partial charge in [-0.15, -0.1) is 0 Å². The molecule has 0 heterocycles. The largest absolute Gasteiger partial charge is 0.497 e. The van der Waals surface area contributed by atoms with E-state index in [4.69, 9.17) is 4.74 Å². The van der Waals surface area contributed by atoms with Crippen LogP contribution in [0.4, 0.5) is 5.69 Å². The topological polar surface area (TPSA) is 12.5 Å². The zero-order chi connectivity index (χ0) is 16.8. The molecule has 2 heteroatoms. The first-order chi connectivity index (χ1) is 11.1. The fraction of sp³-hybridized carbons (Fsp3) is 0.429. The highest BCUT2D eigenvalue weighted by Crippen LogP contribution is 2.38. The second-order valence-electron chi connectivity index (χ2n) is 6.29. The van der Waals surface area contributed by atoms with Crippen LogP contribution in [0.3, 0.4) is 0 Å². The van der Waals surface area contributed by atoms with Crippen LogP contribution in [0.25, 0.3) is 0 Å². The molecule has 2 atom stereocenters. The predicted molar refractivity (Wildman–Crippen MR) is 99.8 cm³/mol. The predicted octanol–water partition coefficient (Wildman–Crippen LogP) is 5.45. The Kier molecular flexibility index (Phi) is 6.09. The van der Waals surface area contributed by atoms with Crippen LogP contribution in [0, 0.1) is 0 Å². The maximum Gasteiger partial charge on any atom is 0.118 e. The summed E-state index contributed by atoms with van der Waals surface area (Å²) in [5.41, 5.74) is 4.08. The fourth-order valence-corrected chi connectivity index (χ4v) is 3.38. The number of rotatable bonds is 7. The van der Waals surface area contributed by atoms with Crippen LogP contribution in [0.2, 0.25) is 0 Å². The molecule has 2 nitrogen and oxygen atoms in total. The minimum absolute atomic E-state index is 0.538. The van der Waals surface area contributed by atoms with Crippen LogP contribution in [-0.4, -0.2) is 21.2 Å². The first-order valence-corrected chi connectivity index (χ1v) is 8.51. The van der Waals surface area contributed by atoms with Crippen molar-refractivity contribution >= 4 is 5.69 Å². The van der Waals surface area contributed by atoms with Crippen molar-refractivity contribution in [2.75, 3.05) is 26.1 Å². The van der Waals surface area contributed by atoms with Crippen molar-refractivity contribution in [1.29, 1.82) is 0 Å². The molecule has 0 saturated heterocycles. The van der Waals surface area contributed by atoms with E-state index in [1.54, 1.807) is 7.11 Å². The van der Waals surface area contributed by atoms with Gasteiger partial charge < -0.3 is 9.64 Å². The van der Waals surface area contributed by atoms with Crippen molar-refractivity contribution in [1.82, 2.24) is 0 Å². The summed E-state index contributed by atoms with van der Waals surface area (Å²) in [4.78, 5) is 2.14. The summed E-state index contributed by atoms with van der Waals surface area (Å²) in [5, 5.41) is 0. The molecule has 2 rings (SSSR count). The van der Waals surface area contributed by atoms with E-state index in [0.29, 0.717) is 11.8 Å². The normalized spacial score (nSPS) is 13.4. The van der Waals surface area contributed by atoms with Crippen molar-refractivity contribution in [3.05, 3.63) is 59.7 Å². The Balaban J connectivity index is 2.28. The molecule has 0 bridgehead atoms. The SMILES string of the molecule is CC[C@H](c1ccc(OC)cc1)[C@H](CC)c1ccc(N(C)C)cc1. The van der Waals surface area contributed by atoms with Gasteiger partial charge in [0.2, 0.25) is 0 Å². The van der Waals surface area contributed by atoms with Gasteiger partial charge in [0.15, 0.2) is 0 Å². The summed E-state index contributed by atoms with van der Waals surface area (Å²) in [6.45, 7) is 4.57. The Hall–Kier alpha value is -1.96. The minimum Gasteiger partial charge on any atom is -0.497 e. The monoisotopic (exact) mass is 311 g/mol. The molecule has 0 radical (unpaired) electrons. The molecule has 23 heavy (non-hydrogen) atoms. The first-order valence-electron chi connectivity index (χ1n) is 8.51. The number of nitrogens with zero attached hydrogens (tertiary/aromatic N) is 1. The van der Waals surface area contributed by atoms with Crippen LogP contribution < -0.4 is 9.64 Å². The van der Waals surface area contributed by atoms with Gasteiger partial charge in [-0.05, 0) is 60.1 Å². The number of ether oxygens (including phenoxy) is 1. The molecule has 0 aliphatic carbocycles. The lowest BCUT2D eigenvalue weighted by Crippen LogP contribution is -2.12. The Bertz CT molecular complexity index is 586. The molecule has 0 fully saturated rings. The van der Waals surface area contributed by atoms with Crippen LogP contribution in [0.15, 0.2) is 48.5 Å². The molecule has 0 aliphatic rings. The van der Waals surface area contributed by atoms with Gasteiger partial charge in [0, 0.05) is 19.8 Å². The fourth-order valence-electron chi connectivity index (χ4n) is 3.38. The summed E-state index contributed by atoms with van der Waals surface area (Å²) in [7, 11) is 5.88. The van der Waals surface area contributed by atoms with Gasteiger partial charge in [0.1, 0.15) is 5.75 Å². The minimum atomic E-state index is 0.538. The van der Waals surface area contributed by atoms with Gasteiger partial charge >= 0.3 is 0 Å². The zero-order valence-electron chi connectivity index (χ0n) is 15.0. The molecule has 2 aromatic carbocycles. The molecule has 0 aromatic heterocycles. The number of benzene rings is 2. The van der Waals surface area contributed by atoms with Crippen LogP contribution in [-0.2, 0) is 0 Å². The Morgan fingerprint density at radius 3 is 1.57 bits per heavy atom. The number of hydrogen-bond acceptors (Lipinski definition) is 2. The van der Waals surface area contributed by atoms with E-state index in [9.17, 15) is 0 Å². The highest BCUT2D eigenvalue weighted by molar-refractivity contribution is 5.47. The first kappa shape index (κ1) is 17.4. The van der Waals surface area contributed by atoms with E-state index in [2.05, 4.69) is 81.4 Å². The molecule has 0 unspecified atom stereocenters. The van der Waals surface area contributed by atoms with E-state index >= 15 is 0 Å². The number of hydrogen-bond donors (Lipinski definition) is 0. The van der Waals surface area contributed by atoms with E-state index in [-0.39, 0.29) is 0 Å². The van der Waals surface area contributed by atoms with Gasteiger partial charge in [-0.1, -0.05) is 38.1 Å². The Morgan fingerprint density at radius 1 is 0.783 bits per heavy atom. The molecule has 0 spiro atoms. The lowest BCUT2D eigenvalue weighted by Gasteiger charge is -2.27. The third-order valence-electron chi connectivity index (χ3n) is 4.75. The quantitative estimate of drug-likeness (QED) is 0.674. The van der Waals surface area contributed by atoms with Gasteiger partial charge in [-0.2, -0.15) is 0 Å².